The van der Waals surface area contributed by atoms with Gasteiger partial charge in [-0.2, -0.15) is 0 Å². The van der Waals surface area contributed by atoms with Gasteiger partial charge < -0.3 is 9.72 Å². The monoisotopic (exact) mass is 446 g/mol. The summed E-state index contributed by atoms with van der Waals surface area (Å²) in [5.41, 5.74) is 3.60. The molecule has 0 fully saturated rings. The molecule has 0 aliphatic heterocycles. The summed E-state index contributed by atoms with van der Waals surface area (Å²) in [7, 11) is -2.70. The number of hydrogen-bond acceptors (Lipinski definition) is 4. The fourth-order valence-electron chi connectivity index (χ4n) is 3.46. The Bertz CT molecular complexity index is 1340. The molecule has 4 aromatic rings. The predicted molar refractivity (Wildman–Crippen MR) is 125 cm³/mol. The van der Waals surface area contributed by atoms with E-state index in [1.165, 1.54) is 19.2 Å². The lowest BCUT2D eigenvalue weighted by molar-refractivity contribution is 0.0603. The number of anilines is 1. The van der Waals surface area contributed by atoms with Crippen LogP contribution in [-0.2, 0) is 14.8 Å². The smallest absolute Gasteiger partial charge is 0.342 e. The molecular formula is C25H22N2O4S. The van der Waals surface area contributed by atoms with Crippen LogP contribution in [0.5, 0.6) is 0 Å². The van der Waals surface area contributed by atoms with Crippen molar-refractivity contribution in [3.05, 3.63) is 96.1 Å². The molecule has 0 bridgehead atoms. The highest BCUT2D eigenvalue weighted by Gasteiger charge is 2.29. The number of aromatic amines is 1. The number of aromatic nitrogens is 1. The summed E-state index contributed by atoms with van der Waals surface area (Å²) in [6.45, 7) is 1.88. The van der Waals surface area contributed by atoms with Gasteiger partial charge in [0.05, 0.1) is 29.1 Å². The van der Waals surface area contributed by atoms with E-state index < -0.39 is 16.0 Å². The highest BCUT2D eigenvalue weighted by molar-refractivity contribution is 7.92. The molecule has 0 aliphatic rings. The van der Waals surface area contributed by atoms with Gasteiger partial charge in [0, 0.05) is 5.56 Å². The number of sulfonamides is 1. The molecule has 0 atom stereocenters. The predicted octanol–water partition coefficient (Wildman–Crippen LogP) is 5.24. The summed E-state index contributed by atoms with van der Waals surface area (Å²) >= 11 is 0. The topological polar surface area (TPSA) is 88.3 Å². The summed E-state index contributed by atoms with van der Waals surface area (Å²) < 4.78 is 34.1. The number of carbonyl (C=O) groups excluding carboxylic acids is 1. The van der Waals surface area contributed by atoms with Gasteiger partial charge in [-0.25, -0.2) is 13.2 Å². The normalized spacial score (nSPS) is 11.2. The molecule has 1 heterocycles. The second kappa shape index (κ2) is 8.72. The molecule has 1 aromatic heterocycles. The fraction of sp³-hybridized carbons (Fsp3) is 0.0800. The molecule has 4 rings (SSSR count). The molecular weight excluding hydrogens is 424 g/mol. The highest BCUT2D eigenvalue weighted by Crippen LogP contribution is 2.39. The minimum Gasteiger partial charge on any atom is -0.465 e. The zero-order valence-electron chi connectivity index (χ0n) is 17.6. The van der Waals surface area contributed by atoms with E-state index in [4.69, 9.17) is 4.74 Å². The maximum Gasteiger partial charge on any atom is 0.342 e. The number of carbonyl (C=O) groups is 1. The van der Waals surface area contributed by atoms with Crippen LogP contribution < -0.4 is 4.72 Å². The van der Waals surface area contributed by atoms with E-state index in [1.807, 2.05) is 67.6 Å². The number of H-pyrrole nitrogens is 1. The molecule has 7 heteroatoms. The average Bonchev–Trinajstić information content (AvgIpc) is 3.18. The van der Waals surface area contributed by atoms with Gasteiger partial charge in [0.15, 0.2) is 0 Å². The van der Waals surface area contributed by atoms with Gasteiger partial charge in [0.1, 0.15) is 5.56 Å². The second-order valence-electron chi connectivity index (χ2n) is 7.27. The third-order valence-electron chi connectivity index (χ3n) is 5.08. The first-order valence-electron chi connectivity index (χ1n) is 9.95. The van der Waals surface area contributed by atoms with Crippen LogP contribution in [0.3, 0.4) is 0 Å². The molecule has 32 heavy (non-hydrogen) atoms. The van der Waals surface area contributed by atoms with E-state index in [0.29, 0.717) is 11.4 Å². The fourth-order valence-corrected chi connectivity index (χ4v) is 4.55. The number of benzene rings is 3. The minimum atomic E-state index is -3.97. The highest BCUT2D eigenvalue weighted by atomic mass is 32.2. The number of nitrogens with one attached hydrogen (secondary N) is 2. The Morgan fingerprint density at radius 1 is 0.812 bits per heavy atom. The zero-order chi connectivity index (χ0) is 22.7. The summed E-state index contributed by atoms with van der Waals surface area (Å²) in [6, 6.07) is 25.0. The van der Waals surface area contributed by atoms with Crippen molar-refractivity contribution in [1.29, 1.82) is 0 Å². The van der Waals surface area contributed by atoms with E-state index in [2.05, 4.69) is 9.71 Å². The Morgan fingerprint density at radius 2 is 1.34 bits per heavy atom. The van der Waals surface area contributed by atoms with Crippen LogP contribution in [0.25, 0.3) is 22.5 Å². The molecule has 0 aliphatic carbocycles. The maximum absolute atomic E-state index is 13.2. The number of rotatable bonds is 6. The van der Waals surface area contributed by atoms with Gasteiger partial charge >= 0.3 is 5.97 Å². The van der Waals surface area contributed by atoms with Crippen LogP contribution in [0.1, 0.15) is 15.9 Å². The van der Waals surface area contributed by atoms with E-state index >= 15 is 0 Å². The van der Waals surface area contributed by atoms with Gasteiger partial charge in [0.2, 0.25) is 0 Å². The Morgan fingerprint density at radius 3 is 1.88 bits per heavy atom. The van der Waals surface area contributed by atoms with E-state index in [0.717, 1.165) is 16.7 Å². The van der Waals surface area contributed by atoms with Gasteiger partial charge in [-0.1, -0.05) is 78.4 Å². The summed E-state index contributed by atoms with van der Waals surface area (Å²) in [6.07, 6.45) is 0. The number of esters is 1. The Balaban J connectivity index is 1.95. The SMILES string of the molecule is COC(=O)c1c(-c2ccccc2)[nH]c(-c2ccccc2)c1NS(=O)(=O)c1ccc(C)cc1. The third-order valence-corrected chi connectivity index (χ3v) is 6.45. The summed E-state index contributed by atoms with van der Waals surface area (Å²) in [5.74, 6) is -0.649. The third kappa shape index (κ3) is 4.15. The molecule has 6 nitrogen and oxygen atoms in total. The summed E-state index contributed by atoms with van der Waals surface area (Å²) in [4.78, 5) is 16.2. The lowest BCUT2D eigenvalue weighted by Crippen LogP contribution is -2.16. The van der Waals surface area contributed by atoms with Crippen molar-refractivity contribution >= 4 is 21.7 Å². The summed E-state index contributed by atoms with van der Waals surface area (Å²) in [5, 5.41) is 0. The molecule has 0 unspecified atom stereocenters. The first-order chi connectivity index (χ1) is 15.4. The Labute approximate surface area is 186 Å². The Hall–Kier alpha value is -3.84. The molecule has 0 amide bonds. The van der Waals surface area contributed by atoms with Crippen LogP contribution in [0.2, 0.25) is 0 Å². The lowest BCUT2D eigenvalue weighted by Gasteiger charge is -2.12. The first-order valence-corrected chi connectivity index (χ1v) is 11.4. The minimum absolute atomic E-state index is 0.0976. The van der Waals surface area contributed by atoms with Crippen molar-refractivity contribution in [3.8, 4) is 22.5 Å². The van der Waals surface area contributed by atoms with Crippen molar-refractivity contribution in [1.82, 2.24) is 4.98 Å². The maximum atomic E-state index is 13.2. The Kier molecular flexibility index (Phi) is 5.83. The zero-order valence-corrected chi connectivity index (χ0v) is 18.4. The lowest BCUT2D eigenvalue weighted by atomic mass is 10.1. The number of aryl methyl sites for hydroxylation is 1. The van der Waals surface area contributed by atoms with Crippen molar-refractivity contribution in [3.63, 3.8) is 0 Å². The van der Waals surface area contributed by atoms with E-state index in [-0.39, 0.29) is 16.1 Å². The van der Waals surface area contributed by atoms with Crippen LogP contribution in [-0.4, -0.2) is 26.5 Å². The van der Waals surface area contributed by atoms with Gasteiger partial charge in [0.25, 0.3) is 10.0 Å². The largest absolute Gasteiger partial charge is 0.465 e. The standard InChI is InChI=1S/C25H22N2O4S/c1-17-13-15-20(16-14-17)32(29,30)27-24-21(25(28)31-2)22(18-9-5-3-6-10-18)26-23(24)19-11-7-4-8-12-19/h3-16,26-27H,1-2H3. The second-order valence-corrected chi connectivity index (χ2v) is 8.95. The molecule has 0 radical (unpaired) electrons. The van der Waals surface area contributed by atoms with Crippen molar-refractivity contribution in [2.75, 3.05) is 11.8 Å². The van der Waals surface area contributed by atoms with Gasteiger partial charge in [-0.05, 0) is 24.6 Å². The molecule has 0 saturated heterocycles. The van der Waals surface area contributed by atoms with Crippen molar-refractivity contribution < 1.29 is 17.9 Å². The molecule has 3 aromatic carbocycles. The average molecular weight is 447 g/mol. The van der Waals surface area contributed by atoms with Crippen molar-refractivity contribution in [2.45, 2.75) is 11.8 Å². The number of methoxy groups -OCH3 is 1. The van der Waals surface area contributed by atoms with Crippen molar-refractivity contribution in [2.24, 2.45) is 0 Å². The van der Waals surface area contributed by atoms with E-state index in [9.17, 15) is 13.2 Å². The first kappa shape index (κ1) is 21.4. The van der Waals surface area contributed by atoms with Crippen LogP contribution in [0, 0.1) is 6.92 Å². The number of ether oxygens (including phenoxy) is 1. The molecule has 0 spiro atoms. The van der Waals surface area contributed by atoms with E-state index in [1.54, 1.807) is 12.1 Å². The quantitative estimate of drug-likeness (QED) is 0.396. The molecule has 0 saturated carbocycles. The van der Waals surface area contributed by atoms with Crippen LogP contribution in [0.4, 0.5) is 5.69 Å². The van der Waals surface area contributed by atoms with Crippen LogP contribution in [0.15, 0.2) is 89.8 Å². The number of hydrogen-bond donors (Lipinski definition) is 2. The van der Waals surface area contributed by atoms with Gasteiger partial charge in [-0.3, -0.25) is 4.72 Å². The van der Waals surface area contributed by atoms with Gasteiger partial charge in [-0.15, -0.1) is 0 Å². The molecule has 162 valence electrons. The van der Waals surface area contributed by atoms with Crippen LogP contribution >= 0.6 is 0 Å². The molecule has 2 N–H and O–H groups in total.